The summed E-state index contributed by atoms with van der Waals surface area (Å²) in [7, 11) is 4.23. The van der Waals surface area contributed by atoms with Crippen LogP contribution in [0.25, 0.3) is 10.8 Å². The molecule has 0 saturated heterocycles. The standard InChI is InChI=1S/C39H45NO3/c1-28-17-20-32(21-18-28)36(27-40(2)3)35-15-9-10-16-38(35)43-39(42)24-23-34(31-12-5-4-6-13-31)37(41)26-29-19-22-30-11-7-8-14-33(30)25-29/h4-8,11-14,17-22,25,34-36,38H,9-10,15-16,23-24,26-27H2,1-3H3. The zero-order chi connectivity index (χ0) is 30.2. The molecule has 224 valence electrons. The van der Waals surface area contributed by atoms with Gasteiger partial charge in [-0.1, -0.05) is 109 Å². The number of rotatable bonds is 12. The van der Waals surface area contributed by atoms with Gasteiger partial charge in [0.15, 0.2) is 0 Å². The van der Waals surface area contributed by atoms with Crippen LogP contribution in [0.2, 0.25) is 0 Å². The van der Waals surface area contributed by atoms with Gasteiger partial charge in [0.25, 0.3) is 0 Å². The van der Waals surface area contributed by atoms with E-state index in [1.54, 1.807) is 0 Å². The van der Waals surface area contributed by atoms with Gasteiger partial charge in [-0.15, -0.1) is 0 Å². The van der Waals surface area contributed by atoms with Crippen molar-refractivity contribution in [3.05, 3.63) is 119 Å². The zero-order valence-corrected chi connectivity index (χ0v) is 25.9. The SMILES string of the molecule is Cc1ccc(C(CN(C)C)C2CCCCC2OC(=O)CCC(C(=O)Cc2ccc3ccccc3c2)c2ccccc2)cc1. The predicted molar refractivity (Wildman–Crippen MR) is 175 cm³/mol. The summed E-state index contributed by atoms with van der Waals surface area (Å²) in [6.45, 7) is 3.03. The van der Waals surface area contributed by atoms with Gasteiger partial charge >= 0.3 is 5.97 Å². The summed E-state index contributed by atoms with van der Waals surface area (Å²) in [5.41, 5.74) is 4.53. The number of ketones is 1. The van der Waals surface area contributed by atoms with Crippen molar-refractivity contribution in [2.24, 2.45) is 5.92 Å². The highest BCUT2D eigenvalue weighted by molar-refractivity contribution is 5.90. The van der Waals surface area contributed by atoms with Gasteiger partial charge in [-0.3, -0.25) is 9.59 Å². The minimum absolute atomic E-state index is 0.101. The van der Waals surface area contributed by atoms with Gasteiger partial charge in [-0.05, 0) is 74.2 Å². The maximum Gasteiger partial charge on any atom is 0.306 e. The second-order valence-electron chi connectivity index (χ2n) is 12.6. The lowest BCUT2D eigenvalue weighted by atomic mass is 9.74. The van der Waals surface area contributed by atoms with Gasteiger partial charge in [0.2, 0.25) is 0 Å². The van der Waals surface area contributed by atoms with Gasteiger partial charge in [0.05, 0.1) is 0 Å². The normalized spacial score (nSPS) is 18.3. The van der Waals surface area contributed by atoms with Crippen LogP contribution in [0.1, 0.15) is 72.6 Å². The molecule has 4 atom stereocenters. The highest BCUT2D eigenvalue weighted by atomic mass is 16.5. The minimum Gasteiger partial charge on any atom is -0.462 e. The second-order valence-corrected chi connectivity index (χ2v) is 12.6. The Bertz CT molecular complexity index is 1490. The summed E-state index contributed by atoms with van der Waals surface area (Å²) in [5.74, 6) is 0.173. The Morgan fingerprint density at radius 2 is 1.51 bits per heavy atom. The first-order valence-electron chi connectivity index (χ1n) is 15.8. The molecule has 0 aromatic heterocycles. The van der Waals surface area contributed by atoms with Crippen molar-refractivity contribution in [3.63, 3.8) is 0 Å². The van der Waals surface area contributed by atoms with Crippen LogP contribution in [-0.4, -0.2) is 43.4 Å². The van der Waals surface area contributed by atoms with Crippen molar-refractivity contribution in [3.8, 4) is 0 Å². The number of esters is 1. The van der Waals surface area contributed by atoms with Crippen LogP contribution < -0.4 is 0 Å². The van der Waals surface area contributed by atoms with Crippen LogP contribution in [-0.2, 0) is 20.7 Å². The van der Waals surface area contributed by atoms with Gasteiger partial charge in [-0.25, -0.2) is 0 Å². The van der Waals surface area contributed by atoms with E-state index < -0.39 is 0 Å². The van der Waals surface area contributed by atoms with Gasteiger partial charge in [0.1, 0.15) is 11.9 Å². The molecule has 1 fully saturated rings. The van der Waals surface area contributed by atoms with Crippen LogP contribution in [0.5, 0.6) is 0 Å². The highest BCUT2D eigenvalue weighted by Gasteiger charge is 2.35. The van der Waals surface area contributed by atoms with Crippen molar-refractivity contribution < 1.29 is 14.3 Å². The molecule has 0 radical (unpaired) electrons. The lowest BCUT2D eigenvalue weighted by molar-refractivity contribution is -0.154. The van der Waals surface area contributed by atoms with Gasteiger partial charge in [-0.2, -0.15) is 0 Å². The van der Waals surface area contributed by atoms with Crippen LogP contribution in [0.15, 0.2) is 97.1 Å². The Kier molecular flexibility index (Phi) is 10.4. The van der Waals surface area contributed by atoms with E-state index in [9.17, 15) is 9.59 Å². The Morgan fingerprint density at radius 1 is 0.814 bits per heavy atom. The molecular weight excluding hydrogens is 530 g/mol. The van der Waals surface area contributed by atoms with Crippen LogP contribution in [0.4, 0.5) is 0 Å². The first-order valence-corrected chi connectivity index (χ1v) is 15.8. The van der Waals surface area contributed by atoms with Gasteiger partial charge < -0.3 is 9.64 Å². The second kappa shape index (κ2) is 14.6. The lowest BCUT2D eigenvalue weighted by Gasteiger charge is -2.38. The number of hydrogen-bond acceptors (Lipinski definition) is 4. The number of hydrogen-bond donors (Lipinski definition) is 0. The number of benzene rings is 4. The molecule has 1 aliphatic rings. The summed E-state index contributed by atoms with van der Waals surface area (Å²) in [4.78, 5) is 29.4. The Morgan fingerprint density at radius 3 is 2.26 bits per heavy atom. The van der Waals surface area contributed by atoms with E-state index in [4.69, 9.17) is 4.74 Å². The Balaban J connectivity index is 1.27. The number of Topliss-reactive ketones (excluding diaryl/α,β-unsaturated/α-hetero) is 1. The first kappa shape index (κ1) is 30.7. The van der Waals surface area contributed by atoms with Crippen molar-refractivity contribution in [1.82, 2.24) is 4.90 Å². The average Bonchev–Trinajstić information content (AvgIpc) is 3.01. The summed E-state index contributed by atoms with van der Waals surface area (Å²) >= 11 is 0. The Labute approximate surface area is 257 Å². The monoisotopic (exact) mass is 575 g/mol. The summed E-state index contributed by atoms with van der Waals surface area (Å²) in [5, 5.41) is 2.30. The first-order chi connectivity index (χ1) is 20.9. The summed E-state index contributed by atoms with van der Waals surface area (Å²) in [6.07, 6.45) is 5.11. The fraction of sp³-hybridized carbons (Fsp3) is 0.385. The smallest absolute Gasteiger partial charge is 0.306 e. The van der Waals surface area contributed by atoms with Crippen molar-refractivity contribution in [1.29, 1.82) is 0 Å². The quantitative estimate of drug-likeness (QED) is 0.160. The predicted octanol–water partition coefficient (Wildman–Crippen LogP) is 8.27. The molecular formula is C39H45NO3. The van der Waals surface area contributed by atoms with Crippen LogP contribution in [0, 0.1) is 12.8 Å². The van der Waals surface area contributed by atoms with E-state index in [1.807, 2.05) is 48.5 Å². The third kappa shape index (κ3) is 8.20. The highest BCUT2D eigenvalue weighted by Crippen LogP contribution is 2.39. The Hall–Kier alpha value is -3.76. The fourth-order valence-corrected chi connectivity index (χ4v) is 6.79. The molecule has 0 bridgehead atoms. The number of carbonyl (C=O) groups is 2. The average molecular weight is 576 g/mol. The van der Waals surface area contributed by atoms with Crippen LogP contribution >= 0.6 is 0 Å². The molecule has 0 aliphatic heterocycles. The largest absolute Gasteiger partial charge is 0.462 e. The summed E-state index contributed by atoms with van der Waals surface area (Å²) in [6, 6.07) is 33.2. The number of ether oxygens (including phenoxy) is 1. The number of aryl methyl sites for hydroxylation is 1. The molecule has 0 heterocycles. The molecule has 5 rings (SSSR count). The van der Waals surface area contributed by atoms with E-state index in [2.05, 4.69) is 74.4 Å². The molecule has 4 heteroatoms. The van der Waals surface area contributed by atoms with E-state index >= 15 is 0 Å². The van der Waals surface area contributed by atoms with Crippen molar-refractivity contribution in [2.45, 2.75) is 69.8 Å². The molecule has 1 saturated carbocycles. The molecule has 0 spiro atoms. The molecule has 0 N–H and O–H groups in total. The molecule has 4 unspecified atom stereocenters. The zero-order valence-electron chi connectivity index (χ0n) is 25.9. The fourth-order valence-electron chi connectivity index (χ4n) is 6.79. The topological polar surface area (TPSA) is 46.6 Å². The van der Waals surface area contributed by atoms with Gasteiger partial charge in [0, 0.05) is 37.1 Å². The molecule has 4 aromatic rings. The maximum atomic E-state index is 13.7. The maximum absolute atomic E-state index is 13.7. The van der Waals surface area contributed by atoms with E-state index in [1.165, 1.54) is 11.1 Å². The lowest BCUT2D eigenvalue weighted by Crippen LogP contribution is -2.37. The third-order valence-electron chi connectivity index (χ3n) is 9.04. The molecule has 43 heavy (non-hydrogen) atoms. The number of carbonyl (C=O) groups excluding carboxylic acids is 2. The van der Waals surface area contributed by atoms with E-state index in [0.29, 0.717) is 18.8 Å². The molecule has 0 amide bonds. The van der Waals surface area contributed by atoms with E-state index in [0.717, 1.165) is 54.1 Å². The van der Waals surface area contributed by atoms with Crippen molar-refractivity contribution >= 4 is 22.5 Å². The number of fused-ring (bicyclic) bond motifs is 1. The summed E-state index contributed by atoms with van der Waals surface area (Å²) < 4.78 is 6.28. The minimum atomic E-state index is -0.351. The molecule has 1 aliphatic carbocycles. The van der Waals surface area contributed by atoms with E-state index in [-0.39, 0.29) is 36.1 Å². The number of likely N-dealkylation sites (N-methyl/N-ethyl adjacent to an activating group) is 1. The number of nitrogens with zero attached hydrogens (tertiary/aromatic N) is 1. The molecule has 4 nitrogen and oxygen atoms in total. The molecule has 4 aromatic carbocycles. The van der Waals surface area contributed by atoms with Crippen LogP contribution in [0.3, 0.4) is 0 Å². The third-order valence-corrected chi connectivity index (χ3v) is 9.04. The van der Waals surface area contributed by atoms with Crippen molar-refractivity contribution in [2.75, 3.05) is 20.6 Å².